The quantitative estimate of drug-likeness (QED) is 0.898. The molecule has 0 saturated carbocycles. The molecule has 2 aliphatic rings. The number of rotatable bonds is 3. The highest BCUT2D eigenvalue weighted by Crippen LogP contribution is 2.16. The molecule has 1 N–H and O–H groups in total. The first-order valence-corrected chi connectivity index (χ1v) is 7.65. The highest BCUT2D eigenvalue weighted by atomic mass is 15.3. The van der Waals surface area contributed by atoms with Crippen LogP contribution in [0.1, 0.15) is 13.8 Å². The Kier molecular flexibility index (Phi) is 5.67. The fourth-order valence-electron chi connectivity index (χ4n) is 2.67. The van der Waals surface area contributed by atoms with Crippen molar-refractivity contribution >= 4 is 5.69 Å². The Morgan fingerprint density at radius 1 is 1.00 bits per heavy atom. The van der Waals surface area contributed by atoms with Gasteiger partial charge < -0.3 is 10.2 Å². The maximum atomic E-state index is 3.35. The van der Waals surface area contributed by atoms with Gasteiger partial charge in [0.1, 0.15) is 0 Å². The van der Waals surface area contributed by atoms with Crippen molar-refractivity contribution in [1.82, 2.24) is 10.2 Å². The molecule has 2 aliphatic heterocycles. The summed E-state index contributed by atoms with van der Waals surface area (Å²) in [5, 5.41) is 3.35. The normalized spacial score (nSPS) is 20.4. The third-order valence-electron chi connectivity index (χ3n) is 3.88. The van der Waals surface area contributed by atoms with Crippen LogP contribution in [-0.2, 0) is 0 Å². The lowest BCUT2D eigenvalue weighted by Crippen LogP contribution is -2.53. The zero-order valence-electron chi connectivity index (χ0n) is 12.3. The van der Waals surface area contributed by atoms with E-state index in [0.717, 1.165) is 5.92 Å². The van der Waals surface area contributed by atoms with E-state index in [1.807, 2.05) is 13.8 Å². The number of piperazine rings is 1. The first-order valence-electron chi connectivity index (χ1n) is 7.65. The van der Waals surface area contributed by atoms with Crippen LogP contribution in [0.2, 0.25) is 0 Å². The van der Waals surface area contributed by atoms with E-state index in [9.17, 15) is 0 Å². The Morgan fingerprint density at radius 2 is 1.63 bits per heavy atom. The molecule has 3 rings (SSSR count). The molecule has 0 unspecified atom stereocenters. The lowest BCUT2D eigenvalue weighted by Gasteiger charge is -2.39. The van der Waals surface area contributed by atoms with Crippen molar-refractivity contribution in [2.75, 3.05) is 50.7 Å². The van der Waals surface area contributed by atoms with Gasteiger partial charge in [0, 0.05) is 51.5 Å². The highest BCUT2D eigenvalue weighted by molar-refractivity contribution is 5.46. The number of nitrogens with zero attached hydrogens (tertiary/aromatic N) is 2. The van der Waals surface area contributed by atoms with Crippen molar-refractivity contribution < 1.29 is 0 Å². The molecule has 0 atom stereocenters. The van der Waals surface area contributed by atoms with E-state index in [2.05, 4.69) is 45.4 Å². The lowest BCUT2D eigenvalue weighted by molar-refractivity contribution is 0.184. The maximum absolute atomic E-state index is 3.35. The SMILES string of the molecule is CC.c1ccc(N2CCN(CC3CNC3)CC2)cc1. The van der Waals surface area contributed by atoms with Gasteiger partial charge in [-0.15, -0.1) is 0 Å². The van der Waals surface area contributed by atoms with E-state index in [-0.39, 0.29) is 0 Å². The molecule has 2 heterocycles. The second-order valence-electron chi connectivity index (χ2n) is 5.15. The van der Waals surface area contributed by atoms with Crippen LogP contribution in [0.3, 0.4) is 0 Å². The Labute approximate surface area is 117 Å². The molecule has 0 bridgehead atoms. The van der Waals surface area contributed by atoms with Crippen LogP contribution in [0.5, 0.6) is 0 Å². The molecule has 0 amide bonds. The van der Waals surface area contributed by atoms with Gasteiger partial charge in [-0.25, -0.2) is 0 Å². The van der Waals surface area contributed by atoms with Gasteiger partial charge in [0.15, 0.2) is 0 Å². The van der Waals surface area contributed by atoms with Crippen molar-refractivity contribution in [3.05, 3.63) is 30.3 Å². The van der Waals surface area contributed by atoms with Gasteiger partial charge in [-0.3, -0.25) is 4.90 Å². The summed E-state index contributed by atoms with van der Waals surface area (Å²) < 4.78 is 0. The van der Waals surface area contributed by atoms with Crippen molar-refractivity contribution in [2.24, 2.45) is 5.92 Å². The van der Waals surface area contributed by atoms with Crippen molar-refractivity contribution in [3.63, 3.8) is 0 Å². The molecule has 3 heteroatoms. The second-order valence-corrected chi connectivity index (χ2v) is 5.15. The molecule has 0 aromatic heterocycles. The van der Waals surface area contributed by atoms with Gasteiger partial charge in [0.2, 0.25) is 0 Å². The number of anilines is 1. The van der Waals surface area contributed by atoms with Crippen molar-refractivity contribution in [3.8, 4) is 0 Å². The Hall–Kier alpha value is -1.06. The zero-order chi connectivity index (χ0) is 13.5. The predicted octanol–water partition coefficient (Wildman–Crippen LogP) is 2.05. The van der Waals surface area contributed by atoms with Crippen molar-refractivity contribution in [2.45, 2.75) is 13.8 Å². The first kappa shape index (κ1) is 14.4. The smallest absolute Gasteiger partial charge is 0.0367 e. The van der Waals surface area contributed by atoms with Crippen LogP contribution in [0, 0.1) is 5.92 Å². The average Bonchev–Trinajstić information content (AvgIpc) is 2.47. The predicted molar refractivity (Wildman–Crippen MR) is 82.8 cm³/mol. The van der Waals surface area contributed by atoms with Crippen LogP contribution >= 0.6 is 0 Å². The topological polar surface area (TPSA) is 18.5 Å². The minimum absolute atomic E-state index is 0.901. The van der Waals surface area contributed by atoms with Crippen LogP contribution in [0.4, 0.5) is 5.69 Å². The Bertz CT molecular complexity index is 340. The lowest BCUT2D eigenvalue weighted by atomic mass is 10.0. The molecular weight excluding hydrogens is 234 g/mol. The molecule has 1 aromatic rings. The fraction of sp³-hybridized carbons (Fsp3) is 0.625. The summed E-state index contributed by atoms with van der Waals surface area (Å²) in [5.74, 6) is 0.901. The summed E-state index contributed by atoms with van der Waals surface area (Å²) in [4.78, 5) is 5.11. The van der Waals surface area contributed by atoms with E-state index < -0.39 is 0 Å². The highest BCUT2D eigenvalue weighted by Gasteiger charge is 2.23. The summed E-state index contributed by atoms with van der Waals surface area (Å²) >= 11 is 0. The molecule has 0 spiro atoms. The van der Waals surface area contributed by atoms with Crippen molar-refractivity contribution in [1.29, 1.82) is 0 Å². The monoisotopic (exact) mass is 261 g/mol. The minimum atomic E-state index is 0.901. The van der Waals surface area contributed by atoms with E-state index in [1.165, 1.54) is 51.5 Å². The van der Waals surface area contributed by atoms with Gasteiger partial charge in [-0.1, -0.05) is 32.0 Å². The largest absolute Gasteiger partial charge is 0.369 e. The number of benzene rings is 1. The summed E-state index contributed by atoms with van der Waals surface area (Å²) in [6, 6.07) is 10.8. The number of para-hydroxylation sites is 1. The van der Waals surface area contributed by atoms with E-state index >= 15 is 0 Å². The van der Waals surface area contributed by atoms with Crippen LogP contribution in [-0.4, -0.2) is 50.7 Å². The number of hydrogen-bond acceptors (Lipinski definition) is 3. The Balaban J connectivity index is 0.000000637. The summed E-state index contributed by atoms with van der Waals surface area (Å²) in [6.07, 6.45) is 0. The third kappa shape index (κ3) is 3.95. The van der Waals surface area contributed by atoms with Crippen LogP contribution in [0.25, 0.3) is 0 Å². The van der Waals surface area contributed by atoms with Gasteiger partial charge in [-0.05, 0) is 18.1 Å². The molecule has 2 saturated heterocycles. The number of nitrogens with one attached hydrogen (secondary N) is 1. The molecule has 3 nitrogen and oxygen atoms in total. The van der Waals surface area contributed by atoms with Gasteiger partial charge in [0.05, 0.1) is 0 Å². The minimum Gasteiger partial charge on any atom is -0.369 e. The first-order chi connectivity index (χ1) is 9.42. The third-order valence-corrected chi connectivity index (χ3v) is 3.88. The van der Waals surface area contributed by atoms with E-state index in [0.29, 0.717) is 0 Å². The molecule has 1 aromatic carbocycles. The molecular formula is C16H27N3. The molecule has 2 fully saturated rings. The van der Waals surface area contributed by atoms with Gasteiger partial charge >= 0.3 is 0 Å². The summed E-state index contributed by atoms with van der Waals surface area (Å²) in [6.45, 7) is 12.5. The van der Waals surface area contributed by atoms with E-state index in [4.69, 9.17) is 0 Å². The molecule has 0 aliphatic carbocycles. The summed E-state index contributed by atoms with van der Waals surface area (Å²) in [5.41, 5.74) is 1.37. The molecule has 0 radical (unpaired) electrons. The van der Waals surface area contributed by atoms with Crippen LogP contribution in [0.15, 0.2) is 30.3 Å². The fourth-order valence-corrected chi connectivity index (χ4v) is 2.67. The maximum Gasteiger partial charge on any atom is 0.0367 e. The molecule has 106 valence electrons. The Morgan fingerprint density at radius 3 is 2.16 bits per heavy atom. The average molecular weight is 261 g/mol. The second kappa shape index (κ2) is 7.51. The van der Waals surface area contributed by atoms with E-state index in [1.54, 1.807) is 0 Å². The van der Waals surface area contributed by atoms with Gasteiger partial charge in [0.25, 0.3) is 0 Å². The summed E-state index contributed by atoms with van der Waals surface area (Å²) in [7, 11) is 0. The van der Waals surface area contributed by atoms with Gasteiger partial charge in [-0.2, -0.15) is 0 Å². The van der Waals surface area contributed by atoms with Crippen LogP contribution < -0.4 is 10.2 Å². The standard InChI is InChI=1S/C14H21N3.C2H6/c1-2-4-14(5-3-1)17-8-6-16(7-9-17)12-13-10-15-11-13;1-2/h1-5,13,15H,6-12H2;1-2H3. The zero-order valence-corrected chi connectivity index (χ0v) is 12.3. The number of hydrogen-bond donors (Lipinski definition) is 1. The molecule has 19 heavy (non-hydrogen) atoms.